The summed E-state index contributed by atoms with van der Waals surface area (Å²) in [5.41, 5.74) is 0.458. The Labute approximate surface area is 184 Å². The van der Waals surface area contributed by atoms with Gasteiger partial charge in [0.15, 0.2) is 0 Å². The number of nitrogens with one attached hydrogen (secondary N) is 2. The third kappa shape index (κ3) is 6.29. The number of rotatable bonds is 2. The Kier molecular flexibility index (Phi) is 8.07. The van der Waals surface area contributed by atoms with E-state index >= 15 is 0 Å². The smallest absolute Gasteiger partial charge is 0.242 e. The van der Waals surface area contributed by atoms with E-state index in [-0.39, 0.29) is 23.8 Å². The topological polar surface area (TPSA) is 87.7 Å². The van der Waals surface area contributed by atoms with Gasteiger partial charge in [-0.05, 0) is 45.1 Å². The van der Waals surface area contributed by atoms with Crippen molar-refractivity contribution in [3.63, 3.8) is 0 Å². The fourth-order valence-electron chi connectivity index (χ4n) is 4.41. The minimum Gasteiger partial charge on any atom is -0.379 e. The molecule has 170 valence electrons. The normalized spacial score (nSPS) is 25.5. The van der Waals surface area contributed by atoms with Crippen LogP contribution in [0.5, 0.6) is 0 Å². The highest BCUT2D eigenvalue weighted by Gasteiger charge is 2.42. The molecule has 0 unspecified atom stereocenters. The van der Waals surface area contributed by atoms with Crippen LogP contribution in [0.2, 0.25) is 0 Å². The molecule has 3 rings (SSSR count). The third-order valence-electron chi connectivity index (χ3n) is 6.44. The van der Waals surface area contributed by atoms with E-state index in [1.165, 1.54) is 0 Å². The molecule has 0 aromatic heterocycles. The zero-order chi connectivity index (χ0) is 22.3. The van der Waals surface area contributed by atoms with E-state index < -0.39 is 11.5 Å². The summed E-state index contributed by atoms with van der Waals surface area (Å²) in [6.45, 7) is 5.83. The lowest BCUT2D eigenvalue weighted by molar-refractivity contribution is -0.142. The minimum absolute atomic E-state index is 0.0712. The Balaban J connectivity index is 1.64. The molecule has 2 atom stereocenters. The molecule has 0 aliphatic carbocycles. The molecule has 2 N–H and O–H groups in total. The van der Waals surface area contributed by atoms with Crippen LogP contribution in [0.4, 0.5) is 0 Å². The number of likely N-dealkylation sites (tertiary alicyclic amines) is 1. The van der Waals surface area contributed by atoms with Crippen LogP contribution < -0.4 is 10.6 Å². The van der Waals surface area contributed by atoms with Crippen molar-refractivity contribution >= 4 is 17.7 Å². The molecular weight excluding hydrogens is 394 g/mol. The standard InChI is InChI=1S/C24H35N3O4/c1-18-17-31-15-7-6-10-24(23(30)26-19(2)22(29)25-18)11-13-27(14-12-24)21(28)16-20-8-4-3-5-9-20/h3-5,8-9,18-19H,6-7,10-17H2,1-2H3,(H,25,29)(H,26,30)/t18-,19-/m0/s1. The number of nitrogens with zero attached hydrogens (tertiary/aromatic N) is 1. The molecule has 0 bridgehead atoms. The second kappa shape index (κ2) is 10.8. The fraction of sp³-hybridized carbons (Fsp3) is 0.625. The van der Waals surface area contributed by atoms with Crippen molar-refractivity contribution in [2.24, 2.45) is 5.41 Å². The second-order valence-electron chi connectivity index (χ2n) is 8.96. The summed E-state index contributed by atoms with van der Waals surface area (Å²) in [6, 6.07) is 9.03. The first-order valence-electron chi connectivity index (χ1n) is 11.4. The summed E-state index contributed by atoms with van der Waals surface area (Å²) >= 11 is 0. The quantitative estimate of drug-likeness (QED) is 0.753. The van der Waals surface area contributed by atoms with E-state index in [9.17, 15) is 14.4 Å². The van der Waals surface area contributed by atoms with Crippen molar-refractivity contribution in [3.05, 3.63) is 35.9 Å². The van der Waals surface area contributed by atoms with Gasteiger partial charge in [-0.15, -0.1) is 0 Å². The maximum atomic E-state index is 13.3. The number of carbonyl (C=O) groups excluding carboxylic acids is 3. The third-order valence-corrected chi connectivity index (χ3v) is 6.44. The molecule has 0 saturated carbocycles. The maximum Gasteiger partial charge on any atom is 0.242 e. The molecule has 1 aromatic rings. The van der Waals surface area contributed by atoms with Crippen LogP contribution in [0.25, 0.3) is 0 Å². The van der Waals surface area contributed by atoms with E-state index in [0.717, 1.165) is 24.8 Å². The maximum absolute atomic E-state index is 13.3. The largest absolute Gasteiger partial charge is 0.379 e. The van der Waals surface area contributed by atoms with E-state index in [2.05, 4.69) is 10.6 Å². The Morgan fingerprint density at radius 1 is 1.06 bits per heavy atom. The molecule has 0 radical (unpaired) electrons. The first-order chi connectivity index (χ1) is 14.9. The molecule has 2 aliphatic rings. The van der Waals surface area contributed by atoms with Crippen molar-refractivity contribution in [1.82, 2.24) is 15.5 Å². The highest BCUT2D eigenvalue weighted by atomic mass is 16.5. The summed E-state index contributed by atoms with van der Waals surface area (Å²) in [5, 5.41) is 5.83. The number of hydrogen-bond donors (Lipinski definition) is 2. The zero-order valence-electron chi connectivity index (χ0n) is 18.7. The van der Waals surface area contributed by atoms with Crippen LogP contribution in [0.1, 0.15) is 51.5 Å². The summed E-state index contributed by atoms with van der Waals surface area (Å²) in [5.74, 6) is -0.173. The van der Waals surface area contributed by atoms with Gasteiger partial charge in [0.1, 0.15) is 6.04 Å². The molecule has 1 spiro atoms. The molecule has 2 heterocycles. The van der Waals surface area contributed by atoms with E-state index in [1.807, 2.05) is 42.2 Å². The Bertz CT molecular complexity index is 759. The molecule has 2 aliphatic heterocycles. The Morgan fingerprint density at radius 2 is 1.77 bits per heavy atom. The highest BCUT2D eigenvalue weighted by molar-refractivity contribution is 5.90. The molecular formula is C24H35N3O4. The summed E-state index contributed by atoms with van der Waals surface area (Å²) in [4.78, 5) is 40.3. The monoisotopic (exact) mass is 429 g/mol. The second-order valence-corrected chi connectivity index (χ2v) is 8.96. The minimum atomic E-state index is -0.606. The van der Waals surface area contributed by atoms with Crippen molar-refractivity contribution in [3.8, 4) is 0 Å². The van der Waals surface area contributed by atoms with Gasteiger partial charge in [0.2, 0.25) is 17.7 Å². The van der Waals surface area contributed by atoms with Gasteiger partial charge in [-0.3, -0.25) is 14.4 Å². The Hall–Kier alpha value is -2.41. The van der Waals surface area contributed by atoms with Gasteiger partial charge in [-0.25, -0.2) is 0 Å². The lowest BCUT2D eigenvalue weighted by Gasteiger charge is -2.41. The van der Waals surface area contributed by atoms with Crippen molar-refractivity contribution < 1.29 is 19.1 Å². The predicted octanol–water partition coefficient (Wildman–Crippen LogP) is 2.05. The van der Waals surface area contributed by atoms with E-state index in [0.29, 0.717) is 45.6 Å². The van der Waals surface area contributed by atoms with Gasteiger partial charge in [0.05, 0.1) is 18.4 Å². The van der Waals surface area contributed by atoms with Gasteiger partial charge in [-0.2, -0.15) is 0 Å². The van der Waals surface area contributed by atoms with Crippen molar-refractivity contribution in [2.45, 2.75) is 64.5 Å². The molecule has 2 fully saturated rings. The van der Waals surface area contributed by atoms with Gasteiger partial charge in [0.25, 0.3) is 0 Å². The number of hydrogen-bond acceptors (Lipinski definition) is 4. The van der Waals surface area contributed by atoms with Gasteiger partial charge < -0.3 is 20.3 Å². The molecule has 3 amide bonds. The lowest BCUT2D eigenvalue weighted by atomic mass is 9.73. The van der Waals surface area contributed by atoms with Crippen LogP contribution in [0.15, 0.2) is 30.3 Å². The van der Waals surface area contributed by atoms with Crippen LogP contribution in [-0.2, 0) is 25.5 Å². The first kappa shape index (κ1) is 23.3. The van der Waals surface area contributed by atoms with Crippen LogP contribution >= 0.6 is 0 Å². The van der Waals surface area contributed by atoms with Gasteiger partial charge in [-0.1, -0.05) is 36.8 Å². The number of benzene rings is 1. The highest BCUT2D eigenvalue weighted by Crippen LogP contribution is 2.37. The average Bonchev–Trinajstić information content (AvgIpc) is 2.77. The molecule has 7 heteroatoms. The molecule has 2 saturated heterocycles. The van der Waals surface area contributed by atoms with Gasteiger partial charge in [0, 0.05) is 25.7 Å². The fourth-order valence-corrected chi connectivity index (χ4v) is 4.41. The van der Waals surface area contributed by atoms with E-state index in [4.69, 9.17) is 4.74 Å². The number of amides is 3. The van der Waals surface area contributed by atoms with Crippen LogP contribution in [0.3, 0.4) is 0 Å². The van der Waals surface area contributed by atoms with Crippen molar-refractivity contribution in [1.29, 1.82) is 0 Å². The molecule has 31 heavy (non-hydrogen) atoms. The summed E-state index contributed by atoms with van der Waals surface area (Å²) < 4.78 is 5.68. The SMILES string of the molecule is C[C@@H]1NC(=O)C2(CCCCOC[C@H](C)NC1=O)CCN(C(=O)Cc1ccccc1)CC2. The predicted molar refractivity (Wildman–Crippen MR) is 118 cm³/mol. The van der Waals surface area contributed by atoms with E-state index in [1.54, 1.807) is 6.92 Å². The van der Waals surface area contributed by atoms with Gasteiger partial charge >= 0.3 is 0 Å². The number of carbonyl (C=O) groups is 3. The van der Waals surface area contributed by atoms with Crippen molar-refractivity contribution in [2.75, 3.05) is 26.3 Å². The summed E-state index contributed by atoms with van der Waals surface area (Å²) in [6.07, 6.45) is 4.12. The average molecular weight is 430 g/mol. The zero-order valence-corrected chi connectivity index (χ0v) is 18.7. The molecule has 1 aromatic carbocycles. The number of ether oxygens (including phenoxy) is 1. The van der Waals surface area contributed by atoms with Crippen LogP contribution in [-0.4, -0.2) is 61.0 Å². The first-order valence-corrected chi connectivity index (χ1v) is 11.4. The Morgan fingerprint density at radius 3 is 2.48 bits per heavy atom. The molecule has 7 nitrogen and oxygen atoms in total. The lowest BCUT2D eigenvalue weighted by Crippen LogP contribution is -2.55. The van der Waals surface area contributed by atoms with Crippen LogP contribution in [0, 0.1) is 5.41 Å². The number of piperidine rings is 1. The summed E-state index contributed by atoms with van der Waals surface area (Å²) in [7, 11) is 0.